The summed E-state index contributed by atoms with van der Waals surface area (Å²) in [6.45, 7) is -0.434. The zero-order chi connectivity index (χ0) is 28.2. The van der Waals surface area contributed by atoms with Crippen molar-refractivity contribution in [2.45, 2.75) is 44.1 Å². The van der Waals surface area contributed by atoms with Crippen LogP contribution in [0.4, 0.5) is 17.6 Å². The van der Waals surface area contributed by atoms with Crippen molar-refractivity contribution in [3.05, 3.63) is 53.3 Å². The van der Waals surface area contributed by atoms with Crippen molar-refractivity contribution in [3.8, 4) is 17.2 Å². The second-order valence-corrected chi connectivity index (χ2v) is 9.21. The lowest BCUT2D eigenvalue weighted by Gasteiger charge is -2.39. The lowest BCUT2D eigenvalue weighted by atomic mass is 10.00. The van der Waals surface area contributed by atoms with Crippen molar-refractivity contribution < 1.29 is 46.2 Å². The van der Waals surface area contributed by atoms with Crippen LogP contribution < -0.4 is 24.8 Å². The SMILES string of the molecule is COc1ccc2cc1OCC(=O)NCc1cc(F)cc(c1)O[C@@H]1CCN(C(=O)CCC(F)(F)F)C[C@@H]1NC2=O. The molecule has 210 valence electrons. The van der Waals surface area contributed by atoms with Gasteiger partial charge in [-0.05, 0) is 35.9 Å². The van der Waals surface area contributed by atoms with Gasteiger partial charge in [0.1, 0.15) is 17.7 Å². The summed E-state index contributed by atoms with van der Waals surface area (Å²) in [5, 5.41) is 5.41. The summed E-state index contributed by atoms with van der Waals surface area (Å²) in [6, 6.07) is 7.41. The molecule has 2 heterocycles. The number of piperidine rings is 1. The Morgan fingerprint density at radius 3 is 2.72 bits per heavy atom. The van der Waals surface area contributed by atoms with E-state index in [-0.39, 0.29) is 48.9 Å². The van der Waals surface area contributed by atoms with Gasteiger partial charge in [0.25, 0.3) is 11.8 Å². The first-order valence-electron chi connectivity index (χ1n) is 12.2. The third-order valence-corrected chi connectivity index (χ3v) is 6.33. The first-order valence-corrected chi connectivity index (χ1v) is 12.2. The molecule has 2 aliphatic heterocycles. The minimum atomic E-state index is -4.48. The maximum absolute atomic E-state index is 14.3. The van der Waals surface area contributed by atoms with Gasteiger partial charge in [0.05, 0.1) is 19.6 Å². The molecular formula is C26H27F4N3O6. The summed E-state index contributed by atoms with van der Waals surface area (Å²) in [4.78, 5) is 39.3. The van der Waals surface area contributed by atoms with E-state index in [0.29, 0.717) is 5.56 Å². The normalized spacial score (nSPS) is 20.1. The van der Waals surface area contributed by atoms with Gasteiger partial charge in [-0.1, -0.05) is 0 Å². The first kappa shape index (κ1) is 28.0. The van der Waals surface area contributed by atoms with Crippen LogP contribution in [0, 0.1) is 5.82 Å². The Bertz CT molecular complexity index is 1240. The van der Waals surface area contributed by atoms with Gasteiger partial charge in [-0.3, -0.25) is 14.4 Å². The van der Waals surface area contributed by atoms with E-state index in [9.17, 15) is 31.9 Å². The zero-order valence-corrected chi connectivity index (χ0v) is 21.0. The van der Waals surface area contributed by atoms with E-state index in [1.807, 2.05) is 0 Å². The molecule has 2 N–H and O–H groups in total. The number of amides is 3. The topological polar surface area (TPSA) is 106 Å². The van der Waals surface area contributed by atoms with Crippen LogP contribution in [0.5, 0.6) is 17.2 Å². The number of likely N-dealkylation sites (tertiary alicyclic amines) is 1. The fraction of sp³-hybridized carbons (Fsp3) is 0.423. The number of methoxy groups -OCH3 is 1. The van der Waals surface area contributed by atoms with E-state index in [0.717, 1.165) is 6.07 Å². The number of nitrogens with zero attached hydrogens (tertiary/aromatic N) is 1. The molecule has 1 saturated heterocycles. The number of hydrogen-bond donors (Lipinski definition) is 2. The van der Waals surface area contributed by atoms with Crippen LogP contribution in [0.3, 0.4) is 0 Å². The number of ether oxygens (including phenoxy) is 3. The highest BCUT2D eigenvalue weighted by molar-refractivity contribution is 5.95. The summed E-state index contributed by atoms with van der Waals surface area (Å²) in [5.41, 5.74) is 0.552. The number of fused-ring (bicyclic) bond motifs is 5. The predicted octanol–water partition coefficient (Wildman–Crippen LogP) is 2.96. The van der Waals surface area contributed by atoms with Crippen LogP contribution >= 0.6 is 0 Å². The van der Waals surface area contributed by atoms with Crippen LogP contribution in [0.25, 0.3) is 0 Å². The summed E-state index contributed by atoms with van der Waals surface area (Å²) >= 11 is 0. The molecule has 0 saturated carbocycles. The highest BCUT2D eigenvalue weighted by Gasteiger charge is 2.36. The Kier molecular flexibility index (Phi) is 8.46. The maximum Gasteiger partial charge on any atom is 0.389 e. The molecule has 1 fully saturated rings. The second kappa shape index (κ2) is 11.8. The van der Waals surface area contributed by atoms with Crippen molar-refractivity contribution in [2.24, 2.45) is 0 Å². The molecule has 0 spiro atoms. The molecule has 3 amide bonds. The van der Waals surface area contributed by atoms with Gasteiger partial charge in [-0.2, -0.15) is 13.2 Å². The number of hydrogen-bond acceptors (Lipinski definition) is 6. The lowest BCUT2D eigenvalue weighted by Crippen LogP contribution is -2.58. The predicted molar refractivity (Wildman–Crippen MR) is 129 cm³/mol. The molecule has 2 aromatic carbocycles. The Morgan fingerprint density at radius 1 is 1.18 bits per heavy atom. The quantitative estimate of drug-likeness (QED) is 0.567. The molecule has 0 unspecified atom stereocenters. The smallest absolute Gasteiger partial charge is 0.389 e. The number of nitrogens with one attached hydrogen (secondary N) is 2. The van der Waals surface area contributed by atoms with Crippen LogP contribution in [-0.4, -0.2) is 67.7 Å². The standard InChI is InChI=1S/C26H27F4N3O6/c1-37-21-3-2-16-10-22(21)38-14-23(34)31-12-15-8-17(27)11-18(9-15)39-20-5-7-33(13-19(20)32-25(16)36)24(35)4-6-26(28,29)30/h2-3,8-11,19-20H,4-7,12-14H2,1H3,(H,31,34)(H,32,36)/t19-,20+/m0/s1. The van der Waals surface area contributed by atoms with E-state index in [1.54, 1.807) is 0 Å². The molecule has 2 aromatic rings. The van der Waals surface area contributed by atoms with Gasteiger partial charge >= 0.3 is 6.18 Å². The molecule has 13 heteroatoms. The number of alkyl halides is 3. The average molecular weight is 554 g/mol. The van der Waals surface area contributed by atoms with Crippen LogP contribution in [0.1, 0.15) is 35.2 Å². The molecule has 2 atom stereocenters. The van der Waals surface area contributed by atoms with Crippen molar-refractivity contribution >= 4 is 17.7 Å². The third-order valence-electron chi connectivity index (χ3n) is 6.33. The highest BCUT2D eigenvalue weighted by atomic mass is 19.4. The number of rotatable bonds is 3. The van der Waals surface area contributed by atoms with Crippen molar-refractivity contribution in [3.63, 3.8) is 0 Å². The van der Waals surface area contributed by atoms with E-state index in [4.69, 9.17) is 14.2 Å². The van der Waals surface area contributed by atoms with Crippen LogP contribution in [-0.2, 0) is 16.1 Å². The van der Waals surface area contributed by atoms with Crippen molar-refractivity contribution in [1.29, 1.82) is 0 Å². The van der Waals surface area contributed by atoms with Gasteiger partial charge in [0, 0.05) is 44.1 Å². The lowest BCUT2D eigenvalue weighted by molar-refractivity contribution is -0.150. The largest absolute Gasteiger partial charge is 0.493 e. The van der Waals surface area contributed by atoms with E-state index in [1.165, 1.54) is 42.3 Å². The molecule has 4 rings (SSSR count). The van der Waals surface area contributed by atoms with Crippen molar-refractivity contribution in [1.82, 2.24) is 15.5 Å². The minimum absolute atomic E-state index is 0.0141. The fourth-order valence-corrected chi connectivity index (χ4v) is 4.39. The Hall–Kier alpha value is -4.03. The molecule has 0 radical (unpaired) electrons. The fourth-order valence-electron chi connectivity index (χ4n) is 4.39. The molecule has 9 nitrogen and oxygen atoms in total. The molecular weight excluding hydrogens is 526 g/mol. The Morgan fingerprint density at radius 2 is 1.97 bits per heavy atom. The summed E-state index contributed by atoms with van der Waals surface area (Å²) < 4.78 is 69.2. The summed E-state index contributed by atoms with van der Waals surface area (Å²) in [5.74, 6) is -1.85. The Balaban J connectivity index is 1.63. The summed E-state index contributed by atoms with van der Waals surface area (Å²) in [7, 11) is 1.39. The van der Waals surface area contributed by atoms with Crippen LogP contribution in [0.2, 0.25) is 0 Å². The number of carbonyl (C=O) groups excluding carboxylic acids is 3. The van der Waals surface area contributed by atoms with E-state index < -0.39 is 61.3 Å². The van der Waals surface area contributed by atoms with Gasteiger partial charge in [-0.25, -0.2) is 4.39 Å². The third kappa shape index (κ3) is 7.52. The van der Waals surface area contributed by atoms with Crippen LogP contribution in [0.15, 0.2) is 36.4 Å². The van der Waals surface area contributed by atoms with E-state index >= 15 is 0 Å². The molecule has 0 aliphatic carbocycles. The molecule has 2 aliphatic rings. The van der Waals surface area contributed by atoms with Gasteiger partial charge in [0.2, 0.25) is 5.91 Å². The number of benzene rings is 2. The molecule has 0 aromatic heterocycles. The number of carbonyl (C=O) groups is 3. The second-order valence-electron chi connectivity index (χ2n) is 9.21. The average Bonchev–Trinajstić information content (AvgIpc) is 2.88. The monoisotopic (exact) mass is 553 g/mol. The maximum atomic E-state index is 14.3. The highest BCUT2D eigenvalue weighted by Crippen LogP contribution is 2.29. The molecule has 39 heavy (non-hydrogen) atoms. The van der Waals surface area contributed by atoms with Gasteiger partial charge in [0.15, 0.2) is 18.1 Å². The van der Waals surface area contributed by atoms with E-state index in [2.05, 4.69) is 10.6 Å². The number of halogens is 4. The van der Waals surface area contributed by atoms with Gasteiger partial charge in [-0.15, -0.1) is 0 Å². The molecule has 4 bridgehead atoms. The Labute approximate surface area is 221 Å². The van der Waals surface area contributed by atoms with Gasteiger partial charge < -0.3 is 29.7 Å². The summed E-state index contributed by atoms with van der Waals surface area (Å²) in [6.07, 6.45) is -7.01. The minimum Gasteiger partial charge on any atom is -0.493 e. The van der Waals surface area contributed by atoms with Crippen molar-refractivity contribution in [2.75, 3.05) is 26.8 Å². The first-order chi connectivity index (χ1) is 18.5. The zero-order valence-electron chi connectivity index (χ0n) is 21.0.